The number of carbonyl (C=O) groups excluding carboxylic acids is 2. The van der Waals surface area contributed by atoms with Gasteiger partial charge in [-0.1, -0.05) is 30.8 Å². The number of para-hydroxylation sites is 1. The van der Waals surface area contributed by atoms with E-state index in [4.69, 9.17) is 5.73 Å². The summed E-state index contributed by atoms with van der Waals surface area (Å²) in [5, 5.41) is 11.9. The molecule has 0 aliphatic carbocycles. The first-order valence-electron chi connectivity index (χ1n) is 8.75. The molecule has 0 fully saturated rings. The normalized spacial score (nSPS) is 10.6. The fourth-order valence-electron chi connectivity index (χ4n) is 2.66. The van der Waals surface area contributed by atoms with Gasteiger partial charge in [-0.25, -0.2) is 0 Å². The highest BCUT2D eigenvalue weighted by Crippen LogP contribution is 2.24. The highest BCUT2D eigenvalue weighted by atomic mass is 32.2. The zero-order valence-electron chi connectivity index (χ0n) is 15.3. The number of nitrogens with two attached hydrogens (primary N) is 1. The Morgan fingerprint density at radius 1 is 1.14 bits per heavy atom. The minimum Gasteiger partial charge on any atom is -0.366 e. The van der Waals surface area contributed by atoms with Gasteiger partial charge in [-0.3, -0.25) is 14.6 Å². The first-order chi connectivity index (χ1) is 13.6. The van der Waals surface area contributed by atoms with Crippen LogP contribution in [0.2, 0.25) is 0 Å². The van der Waals surface area contributed by atoms with E-state index >= 15 is 0 Å². The van der Waals surface area contributed by atoms with E-state index in [1.54, 1.807) is 36.7 Å². The molecule has 1 aromatic carbocycles. The number of benzene rings is 1. The smallest absolute Gasteiger partial charge is 0.250 e. The van der Waals surface area contributed by atoms with Gasteiger partial charge < -0.3 is 15.6 Å². The first kappa shape index (κ1) is 19.6. The Bertz CT molecular complexity index is 974. The Labute approximate surface area is 166 Å². The van der Waals surface area contributed by atoms with Crippen LogP contribution in [0.25, 0.3) is 11.4 Å². The van der Waals surface area contributed by atoms with Crippen LogP contribution in [0.3, 0.4) is 0 Å². The molecule has 3 aromatic rings. The molecule has 0 spiro atoms. The third-order valence-corrected chi connectivity index (χ3v) is 4.87. The second-order valence-corrected chi connectivity index (χ2v) is 6.88. The Balaban J connectivity index is 1.72. The molecule has 0 saturated carbocycles. The van der Waals surface area contributed by atoms with Gasteiger partial charge in [0.05, 0.1) is 17.0 Å². The lowest BCUT2D eigenvalue weighted by atomic mass is 10.1. The number of primary amides is 1. The molecule has 0 aliphatic heterocycles. The van der Waals surface area contributed by atoms with Gasteiger partial charge >= 0.3 is 0 Å². The quantitative estimate of drug-likeness (QED) is 0.565. The summed E-state index contributed by atoms with van der Waals surface area (Å²) >= 11 is 1.29. The lowest BCUT2D eigenvalue weighted by Crippen LogP contribution is -2.19. The van der Waals surface area contributed by atoms with Crippen LogP contribution in [0.1, 0.15) is 23.7 Å². The minimum atomic E-state index is -0.590. The van der Waals surface area contributed by atoms with E-state index in [1.807, 2.05) is 16.7 Å². The molecule has 0 bridgehead atoms. The van der Waals surface area contributed by atoms with Crippen molar-refractivity contribution in [3.8, 4) is 11.4 Å². The number of rotatable bonds is 8. The van der Waals surface area contributed by atoms with Crippen LogP contribution in [0.5, 0.6) is 0 Å². The zero-order valence-corrected chi connectivity index (χ0v) is 16.1. The van der Waals surface area contributed by atoms with Crippen LogP contribution < -0.4 is 11.1 Å². The standard InChI is InChI=1S/C19H20N6O2S/c1-2-11-25-18(13-7-9-21-10-8-13)23-24-19(25)28-12-16(26)22-15-6-4-3-5-14(15)17(20)27/h3-10H,2,11-12H2,1H3,(H2,20,27)(H,22,26). The summed E-state index contributed by atoms with van der Waals surface area (Å²) in [7, 11) is 0. The maximum atomic E-state index is 12.4. The molecule has 3 rings (SSSR count). The van der Waals surface area contributed by atoms with Crippen LogP contribution in [0.15, 0.2) is 53.9 Å². The molecule has 28 heavy (non-hydrogen) atoms. The summed E-state index contributed by atoms with van der Waals surface area (Å²) in [5.41, 5.74) is 6.93. The van der Waals surface area contributed by atoms with Gasteiger partial charge in [0.15, 0.2) is 11.0 Å². The van der Waals surface area contributed by atoms with Crippen molar-refractivity contribution >= 4 is 29.3 Å². The van der Waals surface area contributed by atoms with E-state index in [-0.39, 0.29) is 17.2 Å². The van der Waals surface area contributed by atoms with E-state index in [0.29, 0.717) is 10.8 Å². The third kappa shape index (κ3) is 4.55. The van der Waals surface area contributed by atoms with Gasteiger partial charge in [0.1, 0.15) is 0 Å². The predicted molar refractivity (Wildman–Crippen MR) is 108 cm³/mol. The highest BCUT2D eigenvalue weighted by Gasteiger charge is 2.16. The van der Waals surface area contributed by atoms with Crippen molar-refractivity contribution < 1.29 is 9.59 Å². The maximum Gasteiger partial charge on any atom is 0.250 e. The second kappa shape index (κ2) is 9.14. The molecular formula is C19H20N6O2S. The molecule has 2 heterocycles. The number of aromatic nitrogens is 4. The molecule has 0 saturated heterocycles. The fourth-order valence-corrected chi connectivity index (χ4v) is 3.42. The summed E-state index contributed by atoms with van der Waals surface area (Å²) in [5.74, 6) is 0.0281. The van der Waals surface area contributed by atoms with E-state index < -0.39 is 5.91 Å². The van der Waals surface area contributed by atoms with Crippen molar-refractivity contribution in [2.75, 3.05) is 11.1 Å². The molecule has 0 radical (unpaired) electrons. The van der Waals surface area contributed by atoms with Crippen LogP contribution in [0, 0.1) is 0 Å². The molecule has 2 aromatic heterocycles. The van der Waals surface area contributed by atoms with Gasteiger partial charge in [-0.15, -0.1) is 10.2 Å². The van der Waals surface area contributed by atoms with Gasteiger partial charge in [0.25, 0.3) is 5.91 Å². The third-order valence-electron chi connectivity index (χ3n) is 3.90. The topological polar surface area (TPSA) is 116 Å². The predicted octanol–water partition coefficient (Wildman–Crippen LogP) is 2.58. The zero-order chi connectivity index (χ0) is 19.9. The van der Waals surface area contributed by atoms with Crippen molar-refractivity contribution in [3.63, 3.8) is 0 Å². The number of pyridine rings is 1. The summed E-state index contributed by atoms with van der Waals surface area (Å²) in [4.78, 5) is 27.9. The minimum absolute atomic E-state index is 0.130. The van der Waals surface area contributed by atoms with Gasteiger partial charge in [-0.05, 0) is 30.7 Å². The number of amides is 2. The Kier molecular flexibility index (Phi) is 6.38. The fraction of sp³-hybridized carbons (Fsp3) is 0.211. The maximum absolute atomic E-state index is 12.4. The first-order valence-corrected chi connectivity index (χ1v) is 9.73. The number of thioether (sulfide) groups is 1. The largest absolute Gasteiger partial charge is 0.366 e. The molecule has 3 N–H and O–H groups in total. The molecule has 0 atom stereocenters. The average Bonchev–Trinajstić information content (AvgIpc) is 3.10. The summed E-state index contributed by atoms with van der Waals surface area (Å²) in [6.07, 6.45) is 4.31. The van der Waals surface area contributed by atoms with E-state index in [1.165, 1.54) is 11.8 Å². The van der Waals surface area contributed by atoms with Gasteiger partial charge in [0, 0.05) is 24.5 Å². The number of hydrogen-bond donors (Lipinski definition) is 2. The Morgan fingerprint density at radius 3 is 2.61 bits per heavy atom. The summed E-state index contributed by atoms with van der Waals surface area (Å²) in [6, 6.07) is 10.4. The highest BCUT2D eigenvalue weighted by molar-refractivity contribution is 7.99. The molecular weight excluding hydrogens is 376 g/mol. The number of carbonyl (C=O) groups is 2. The second-order valence-electron chi connectivity index (χ2n) is 5.94. The Hall–Kier alpha value is -3.20. The SMILES string of the molecule is CCCn1c(SCC(=O)Nc2ccccc2C(N)=O)nnc1-c1ccncc1. The van der Waals surface area contributed by atoms with Crippen molar-refractivity contribution in [2.45, 2.75) is 25.0 Å². The average molecular weight is 396 g/mol. The monoisotopic (exact) mass is 396 g/mol. The van der Waals surface area contributed by atoms with Crippen LogP contribution in [-0.4, -0.2) is 37.3 Å². The van der Waals surface area contributed by atoms with Crippen molar-refractivity contribution in [1.82, 2.24) is 19.7 Å². The number of anilines is 1. The summed E-state index contributed by atoms with van der Waals surface area (Å²) < 4.78 is 1.99. The lowest BCUT2D eigenvalue weighted by Gasteiger charge is -2.10. The van der Waals surface area contributed by atoms with Crippen molar-refractivity contribution in [3.05, 3.63) is 54.4 Å². The molecule has 8 nitrogen and oxygen atoms in total. The molecule has 9 heteroatoms. The molecule has 144 valence electrons. The van der Waals surface area contributed by atoms with E-state index in [0.717, 1.165) is 24.4 Å². The van der Waals surface area contributed by atoms with Crippen LogP contribution >= 0.6 is 11.8 Å². The number of nitrogens with zero attached hydrogens (tertiary/aromatic N) is 4. The lowest BCUT2D eigenvalue weighted by molar-refractivity contribution is -0.113. The van der Waals surface area contributed by atoms with Crippen LogP contribution in [-0.2, 0) is 11.3 Å². The molecule has 0 aliphatic rings. The van der Waals surface area contributed by atoms with Crippen molar-refractivity contribution in [2.24, 2.45) is 5.73 Å². The molecule has 2 amide bonds. The summed E-state index contributed by atoms with van der Waals surface area (Å²) in [6.45, 7) is 2.80. The number of hydrogen-bond acceptors (Lipinski definition) is 6. The van der Waals surface area contributed by atoms with Crippen molar-refractivity contribution in [1.29, 1.82) is 0 Å². The van der Waals surface area contributed by atoms with Gasteiger partial charge in [-0.2, -0.15) is 0 Å². The van der Waals surface area contributed by atoms with E-state index in [2.05, 4.69) is 27.4 Å². The van der Waals surface area contributed by atoms with Crippen LogP contribution in [0.4, 0.5) is 5.69 Å². The molecule has 0 unspecified atom stereocenters. The Morgan fingerprint density at radius 2 is 1.89 bits per heavy atom. The van der Waals surface area contributed by atoms with E-state index in [9.17, 15) is 9.59 Å². The number of nitrogens with one attached hydrogen (secondary N) is 1. The van der Waals surface area contributed by atoms with Gasteiger partial charge in [0.2, 0.25) is 5.91 Å².